The minimum absolute atomic E-state index is 0.118. The summed E-state index contributed by atoms with van der Waals surface area (Å²) in [6.45, 7) is 5.30. The Kier molecular flexibility index (Phi) is 3.52. The van der Waals surface area contributed by atoms with Gasteiger partial charge in [0, 0.05) is 0 Å². The lowest BCUT2D eigenvalue weighted by Crippen LogP contribution is -2.13. The van der Waals surface area contributed by atoms with Gasteiger partial charge >= 0.3 is 7.82 Å². The van der Waals surface area contributed by atoms with Crippen molar-refractivity contribution in [3.05, 3.63) is 0 Å². The van der Waals surface area contributed by atoms with Crippen molar-refractivity contribution in [1.29, 1.82) is 0 Å². The standard InChI is InChI=1S/C5H13O4P/c1-4(2)5(3)9-10(6,7)8/h4-5H,1-3H3,(H2,6,7,8). The molecule has 0 saturated heterocycles. The van der Waals surface area contributed by atoms with Crippen LogP contribution in [-0.2, 0) is 9.09 Å². The predicted molar refractivity (Wildman–Crippen MR) is 37.4 cm³/mol. The smallest absolute Gasteiger partial charge is 0.303 e. The van der Waals surface area contributed by atoms with Gasteiger partial charge in [0.25, 0.3) is 0 Å². The number of rotatable bonds is 3. The van der Waals surface area contributed by atoms with Crippen LogP contribution in [-0.4, -0.2) is 15.9 Å². The lowest BCUT2D eigenvalue weighted by atomic mass is 10.1. The third-order valence-corrected chi connectivity index (χ3v) is 1.85. The average Bonchev–Trinajstić information content (AvgIpc) is 1.60. The van der Waals surface area contributed by atoms with Crippen LogP contribution in [0.25, 0.3) is 0 Å². The molecule has 2 N–H and O–H groups in total. The molecule has 0 saturated carbocycles. The molecule has 0 bridgehead atoms. The Morgan fingerprint density at radius 3 is 1.80 bits per heavy atom. The molecule has 0 heterocycles. The van der Waals surface area contributed by atoms with E-state index in [1.54, 1.807) is 6.92 Å². The van der Waals surface area contributed by atoms with Gasteiger partial charge in [-0.25, -0.2) is 4.57 Å². The molecule has 1 atom stereocenters. The van der Waals surface area contributed by atoms with Crippen molar-refractivity contribution in [3.8, 4) is 0 Å². The van der Waals surface area contributed by atoms with Crippen LogP contribution in [0.4, 0.5) is 0 Å². The fraction of sp³-hybridized carbons (Fsp3) is 1.00. The highest BCUT2D eigenvalue weighted by Gasteiger charge is 2.20. The first-order valence-corrected chi connectivity index (χ1v) is 4.60. The van der Waals surface area contributed by atoms with Crippen LogP contribution < -0.4 is 0 Å². The molecule has 10 heavy (non-hydrogen) atoms. The summed E-state index contributed by atoms with van der Waals surface area (Å²) >= 11 is 0. The first-order chi connectivity index (χ1) is 4.33. The van der Waals surface area contributed by atoms with E-state index in [0.29, 0.717) is 0 Å². The second-order valence-corrected chi connectivity index (χ2v) is 3.74. The highest BCUT2D eigenvalue weighted by molar-refractivity contribution is 7.46. The Labute approximate surface area is 60.5 Å². The Morgan fingerprint density at radius 1 is 1.30 bits per heavy atom. The van der Waals surface area contributed by atoms with Crippen LogP contribution in [0.5, 0.6) is 0 Å². The van der Waals surface area contributed by atoms with Gasteiger partial charge in [-0.15, -0.1) is 0 Å². The largest absolute Gasteiger partial charge is 0.469 e. The van der Waals surface area contributed by atoms with E-state index >= 15 is 0 Å². The van der Waals surface area contributed by atoms with Crippen LogP contribution >= 0.6 is 7.82 Å². The molecule has 0 amide bonds. The van der Waals surface area contributed by atoms with E-state index in [1.807, 2.05) is 13.8 Å². The highest BCUT2D eigenvalue weighted by Crippen LogP contribution is 2.38. The summed E-state index contributed by atoms with van der Waals surface area (Å²) in [5.74, 6) is 0.118. The number of hydrogen-bond acceptors (Lipinski definition) is 2. The summed E-state index contributed by atoms with van der Waals surface area (Å²) in [6, 6.07) is 0. The van der Waals surface area contributed by atoms with Gasteiger partial charge in [-0.05, 0) is 12.8 Å². The molecular weight excluding hydrogens is 155 g/mol. The fourth-order valence-corrected chi connectivity index (χ4v) is 1.01. The van der Waals surface area contributed by atoms with Crippen molar-refractivity contribution in [3.63, 3.8) is 0 Å². The summed E-state index contributed by atoms with van der Waals surface area (Å²) in [6.07, 6.45) is -0.402. The molecule has 0 aliphatic rings. The molecule has 0 aliphatic heterocycles. The maximum atomic E-state index is 10.2. The zero-order chi connectivity index (χ0) is 8.36. The van der Waals surface area contributed by atoms with Crippen LogP contribution in [0.3, 0.4) is 0 Å². The quantitative estimate of drug-likeness (QED) is 0.620. The lowest BCUT2D eigenvalue weighted by Gasteiger charge is -2.16. The maximum Gasteiger partial charge on any atom is 0.469 e. The third kappa shape index (κ3) is 4.94. The van der Waals surface area contributed by atoms with Crippen LogP contribution in [0.1, 0.15) is 20.8 Å². The number of phosphoric acid groups is 1. The van der Waals surface area contributed by atoms with Gasteiger partial charge in [0.1, 0.15) is 0 Å². The van der Waals surface area contributed by atoms with Gasteiger partial charge in [-0.1, -0.05) is 13.8 Å². The van der Waals surface area contributed by atoms with E-state index in [-0.39, 0.29) is 5.92 Å². The van der Waals surface area contributed by atoms with Crippen molar-refractivity contribution in [1.82, 2.24) is 0 Å². The minimum atomic E-state index is -4.28. The van der Waals surface area contributed by atoms with Crippen molar-refractivity contribution < 1.29 is 18.9 Å². The van der Waals surface area contributed by atoms with E-state index in [9.17, 15) is 4.57 Å². The second-order valence-electron chi connectivity index (χ2n) is 2.55. The molecule has 5 heteroatoms. The predicted octanol–water partition coefficient (Wildman–Crippen LogP) is 1.14. The Bertz CT molecular complexity index is 139. The molecule has 4 nitrogen and oxygen atoms in total. The van der Waals surface area contributed by atoms with E-state index in [2.05, 4.69) is 4.52 Å². The average molecular weight is 168 g/mol. The van der Waals surface area contributed by atoms with Crippen molar-refractivity contribution in [2.75, 3.05) is 0 Å². The van der Waals surface area contributed by atoms with E-state index in [0.717, 1.165) is 0 Å². The van der Waals surface area contributed by atoms with E-state index < -0.39 is 13.9 Å². The molecule has 0 aromatic rings. The van der Waals surface area contributed by atoms with Crippen LogP contribution in [0, 0.1) is 5.92 Å². The van der Waals surface area contributed by atoms with Gasteiger partial charge in [0.2, 0.25) is 0 Å². The SMILES string of the molecule is CC(C)C(C)OP(=O)(O)O. The minimum Gasteiger partial charge on any atom is -0.303 e. The molecule has 0 rings (SSSR count). The summed E-state index contributed by atoms with van der Waals surface area (Å²) in [5.41, 5.74) is 0. The third-order valence-electron chi connectivity index (χ3n) is 1.24. The highest BCUT2D eigenvalue weighted by atomic mass is 31.2. The topological polar surface area (TPSA) is 66.8 Å². The summed E-state index contributed by atoms with van der Waals surface area (Å²) < 4.78 is 14.6. The fourth-order valence-electron chi connectivity index (χ4n) is 0.338. The normalized spacial score (nSPS) is 15.8. The molecule has 1 unspecified atom stereocenters. The molecular formula is C5H13O4P. The van der Waals surface area contributed by atoms with Gasteiger partial charge in [-0.2, -0.15) is 0 Å². The van der Waals surface area contributed by atoms with Gasteiger partial charge in [-0.3, -0.25) is 4.52 Å². The van der Waals surface area contributed by atoms with Gasteiger partial charge in [0.15, 0.2) is 0 Å². The van der Waals surface area contributed by atoms with Crippen LogP contribution in [0.15, 0.2) is 0 Å². The van der Waals surface area contributed by atoms with Gasteiger partial charge < -0.3 is 9.79 Å². The lowest BCUT2D eigenvalue weighted by molar-refractivity contribution is 0.113. The molecule has 0 spiro atoms. The summed E-state index contributed by atoms with van der Waals surface area (Å²) in [5, 5.41) is 0. The summed E-state index contributed by atoms with van der Waals surface area (Å²) in [7, 11) is -4.28. The Morgan fingerprint density at radius 2 is 1.70 bits per heavy atom. The van der Waals surface area contributed by atoms with E-state index in [4.69, 9.17) is 9.79 Å². The Hall–Kier alpha value is 0.110. The van der Waals surface area contributed by atoms with Crippen molar-refractivity contribution in [2.45, 2.75) is 26.9 Å². The second kappa shape index (κ2) is 3.49. The maximum absolute atomic E-state index is 10.2. The number of phosphoric ester groups is 1. The molecule has 62 valence electrons. The molecule has 0 aromatic carbocycles. The molecule has 0 radical (unpaired) electrons. The van der Waals surface area contributed by atoms with E-state index in [1.165, 1.54) is 0 Å². The Balaban J connectivity index is 3.80. The molecule has 0 aromatic heterocycles. The van der Waals surface area contributed by atoms with Gasteiger partial charge in [0.05, 0.1) is 6.10 Å². The van der Waals surface area contributed by atoms with Crippen LogP contribution in [0.2, 0.25) is 0 Å². The monoisotopic (exact) mass is 168 g/mol. The molecule has 0 aliphatic carbocycles. The van der Waals surface area contributed by atoms with Crippen molar-refractivity contribution in [2.24, 2.45) is 5.92 Å². The first-order valence-electron chi connectivity index (χ1n) is 3.07. The summed E-state index contributed by atoms with van der Waals surface area (Å²) in [4.78, 5) is 16.7. The number of hydrogen-bond donors (Lipinski definition) is 2. The van der Waals surface area contributed by atoms with Crippen molar-refractivity contribution >= 4 is 7.82 Å². The first kappa shape index (κ1) is 10.1. The zero-order valence-electron chi connectivity index (χ0n) is 6.31. The zero-order valence-corrected chi connectivity index (χ0v) is 7.21. The molecule has 0 fully saturated rings.